The molecule has 0 saturated heterocycles. The first-order valence-corrected chi connectivity index (χ1v) is 8.48. The first-order valence-electron chi connectivity index (χ1n) is 3.05. The van der Waals surface area contributed by atoms with Crippen molar-refractivity contribution in [2.75, 3.05) is 0 Å². The van der Waals surface area contributed by atoms with Crippen LogP contribution < -0.4 is 57.5 Å². The van der Waals surface area contributed by atoms with E-state index in [1.165, 1.54) is 0 Å². The van der Waals surface area contributed by atoms with Gasteiger partial charge in [-0.15, -0.1) is 0 Å². The summed E-state index contributed by atoms with van der Waals surface area (Å²) in [5, 5.41) is 0. The van der Waals surface area contributed by atoms with Crippen molar-refractivity contribution in [2.24, 2.45) is 0 Å². The van der Waals surface area contributed by atoms with Crippen LogP contribution in [0.15, 0.2) is 0 Å². The summed E-state index contributed by atoms with van der Waals surface area (Å²) in [5.74, 6) is 0. The minimum atomic E-state index is -5.27. The molecular weight excluding hydrogens is 437 g/mol. The van der Waals surface area contributed by atoms with Gasteiger partial charge in [0.05, 0.1) is 0 Å². The fourth-order valence-electron chi connectivity index (χ4n) is 0.139. The molecular formula is H6KNO16S4. The Labute approximate surface area is 166 Å². The maximum absolute atomic E-state index is 9.51. The molecule has 0 amide bonds. The van der Waals surface area contributed by atoms with Gasteiger partial charge in [-0.3, -0.25) is 13.7 Å². The van der Waals surface area contributed by atoms with Gasteiger partial charge < -0.3 is 10.7 Å². The van der Waals surface area contributed by atoms with E-state index in [4.69, 9.17) is 13.7 Å². The zero-order valence-electron chi connectivity index (χ0n) is 9.99. The van der Waals surface area contributed by atoms with Crippen molar-refractivity contribution < 1.29 is 121 Å². The van der Waals surface area contributed by atoms with Crippen LogP contribution in [0.3, 0.4) is 0 Å². The predicted octanol–water partition coefficient (Wildman–Crippen LogP) is -6.10. The molecule has 0 unspecified atom stereocenters. The van der Waals surface area contributed by atoms with Crippen LogP contribution in [-0.4, -0.2) is 51.9 Å². The molecule has 0 aromatic carbocycles. The van der Waals surface area contributed by atoms with E-state index in [9.17, 15) is 38.2 Å². The van der Waals surface area contributed by atoms with Crippen LogP contribution in [0.5, 0.6) is 0 Å². The van der Waals surface area contributed by atoms with E-state index in [0.717, 1.165) is 0 Å². The van der Waals surface area contributed by atoms with E-state index < -0.39 is 41.6 Å². The van der Waals surface area contributed by atoms with Crippen LogP contribution in [0, 0.1) is 0 Å². The van der Waals surface area contributed by atoms with Gasteiger partial charge in [0, 0.05) is 0 Å². The summed E-state index contributed by atoms with van der Waals surface area (Å²) in [7, 11) is -20.4. The van der Waals surface area contributed by atoms with Gasteiger partial charge in [-0.05, 0) is 0 Å². The van der Waals surface area contributed by atoms with Crippen LogP contribution >= 0.6 is 0 Å². The summed E-state index contributed by atoms with van der Waals surface area (Å²) in [6.07, 6.45) is 0. The van der Waals surface area contributed by atoms with Gasteiger partial charge in [0.25, 0.3) is 0 Å². The Morgan fingerprint density at radius 1 is 0.591 bits per heavy atom. The van der Waals surface area contributed by atoms with Gasteiger partial charge in [0.15, 0.2) is 0 Å². The first-order chi connectivity index (χ1) is 8.41. The smallest absolute Gasteiger partial charge is 0.724 e. The summed E-state index contributed by atoms with van der Waals surface area (Å²) in [6, 6.07) is 0. The second kappa shape index (κ2) is 11.6. The Morgan fingerprint density at radius 2 is 0.773 bits per heavy atom. The number of hydrogen-bond donors (Lipinski definition) is 4. The van der Waals surface area contributed by atoms with Gasteiger partial charge in [-0.2, -0.15) is 25.3 Å². The molecule has 0 aliphatic carbocycles. The molecule has 22 heteroatoms. The van der Waals surface area contributed by atoms with Crippen molar-refractivity contribution in [1.82, 2.24) is 6.15 Å². The zero-order valence-corrected chi connectivity index (χ0v) is 16.4. The number of hydrogen-bond acceptors (Lipinski definition) is 14. The summed E-state index contributed by atoms with van der Waals surface area (Å²) >= 11 is 0. The van der Waals surface area contributed by atoms with Crippen molar-refractivity contribution >= 4 is 41.6 Å². The Balaban J connectivity index is -0.000000135. The average Bonchev–Trinajstić information content (AvgIpc) is 2.09. The first kappa shape index (κ1) is 30.9. The van der Waals surface area contributed by atoms with Crippen LogP contribution in [0.1, 0.15) is 0 Å². The summed E-state index contributed by atoms with van der Waals surface area (Å²) in [6.45, 7) is 0. The Bertz CT molecular complexity index is 562. The second-order valence-corrected chi connectivity index (χ2v) is 5.89. The minimum absolute atomic E-state index is 0. The molecule has 0 heterocycles. The fraction of sp³-hybridized carbons (Fsp3) is 0. The average molecular weight is 443 g/mol. The van der Waals surface area contributed by atoms with E-state index in [1.807, 2.05) is 0 Å². The van der Waals surface area contributed by atoms with Gasteiger partial charge in [0.2, 0.25) is 10.4 Å². The van der Waals surface area contributed by atoms with Crippen LogP contribution in [0.4, 0.5) is 0 Å². The molecule has 0 rings (SSSR count). The minimum Gasteiger partial charge on any atom is -0.724 e. The summed E-state index contributed by atoms with van der Waals surface area (Å²) in [4.78, 5) is 0. The molecule has 0 saturated carbocycles. The van der Waals surface area contributed by atoms with E-state index in [2.05, 4.69) is 17.3 Å². The summed E-state index contributed by atoms with van der Waals surface area (Å²) < 4.78 is 119. The van der Waals surface area contributed by atoms with E-state index in [1.54, 1.807) is 0 Å². The molecule has 132 valence electrons. The van der Waals surface area contributed by atoms with Crippen LogP contribution in [0.2, 0.25) is 0 Å². The Kier molecular flexibility index (Phi) is 16.3. The molecule has 0 aromatic rings. The van der Waals surface area contributed by atoms with Gasteiger partial charge in [-0.1, -0.05) is 17.3 Å². The third-order valence-corrected chi connectivity index (χ3v) is 1.52. The Morgan fingerprint density at radius 3 is 0.864 bits per heavy atom. The van der Waals surface area contributed by atoms with Crippen molar-refractivity contribution in [3.63, 3.8) is 0 Å². The SMILES string of the molecule is N.O=S(=O)(O)OOS(=O)(=O)O.O=S(=O)([O-])OOS(=O)(=O)O.[K+]. The largest absolute Gasteiger partial charge is 1.00 e. The van der Waals surface area contributed by atoms with E-state index in [0.29, 0.717) is 0 Å². The molecule has 17 nitrogen and oxygen atoms in total. The van der Waals surface area contributed by atoms with Crippen molar-refractivity contribution in [3.05, 3.63) is 0 Å². The van der Waals surface area contributed by atoms with Gasteiger partial charge in [0.1, 0.15) is 0 Å². The van der Waals surface area contributed by atoms with E-state index in [-0.39, 0.29) is 57.5 Å². The molecule has 0 spiro atoms. The molecule has 22 heavy (non-hydrogen) atoms. The predicted molar refractivity (Wildman–Crippen MR) is 53.7 cm³/mol. The quantitative estimate of drug-likeness (QED) is 0.0975. The van der Waals surface area contributed by atoms with Crippen molar-refractivity contribution in [1.29, 1.82) is 0 Å². The fourth-order valence-corrected chi connectivity index (χ4v) is 1.25. The molecule has 0 atom stereocenters. The zero-order chi connectivity index (χ0) is 16.8. The number of rotatable bonds is 6. The maximum atomic E-state index is 9.51. The third-order valence-electron chi connectivity index (χ3n) is 0.397. The van der Waals surface area contributed by atoms with Crippen molar-refractivity contribution in [3.8, 4) is 0 Å². The molecule has 0 fully saturated rings. The molecule has 6 N–H and O–H groups in total. The molecule has 0 radical (unpaired) electrons. The molecule has 0 aliphatic rings. The monoisotopic (exact) mass is 443 g/mol. The normalized spacial score (nSPS) is 12.2. The second-order valence-electron chi connectivity index (χ2n) is 1.96. The van der Waals surface area contributed by atoms with E-state index >= 15 is 0 Å². The van der Waals surface area contributed by atoms with Gasteiger partial charge >= 0.3 is 82.6 Å². The third kappa shape index (κ3) is 37.4. The topological polar surface area (TPSA) is 292 Å². The van der Waals surface area contributed by atoms with Gasteiger partial charge in [-0.25, -0.2) is 8.42 Å². The van der Waals surface area contributed by atoms with Crippen LogP contribution in [-0.2, 0) is 58.9 Å². The molecule has 0 aromatic heterocycles. The standard InChI is InChI=1S/K.H3N.2H2O8S2/c;;2*1-9(2,3)7-8-10(4,5)6/h;1H3;2*(H,1,2,3)(H,4,5,6)/q+1;;;/p-1. The van der Waals surface area contributed by atoms with Crippen LogP contribution in [0.25, 0.3) is 0 Å². The summed E-state index contributed by atoms with van der Waals surface area (Å²) in [5.41, 5.74) is 0. The maximum Gasteiger partial charge on any atom is 1.00 e. The Hall–Kier alpha value is 1.08. The van der Waals surface area contributed by atoms with Crippen molar-refractivity contribution in [2.45, 2.75) is 0 Å². The molecule has 0 aliphatic heterocycles. The molecule has 0 bridgehead atoms.